The fourth-order valence-corrected chi connectivity index (χ4v) is 2.43. The molecule has 1 fully saturated rings. The predicted octanol–water partition coefficient (Wildman–Crippen LogP) is 0.418. The van der Waals surface area contributed by atoms with Crippen molar-refractivity contribution in [1.82, 2.24) is 10.6 Å². The number of hydrogen-bond donors (Lipinski definition) is 4. The minimum atomic E-state index is -0.490. The maximum atomic E-state index is 11.8. The molecule has 0 heterocycles. The SMILES string of the molecule is Nc1ccc(C(=O)NCC(=O)N[C@@H]2CCCC[C@H]2O)cc1. The fourth-order valence-electron chi connectivity index (χ4n) is 2.43. The van der Waals surface area contributed by atoms with Crippen molar-refractivity contribution in [1.29, 1.82) is 0 Å². The molecule has 0 unspecified atom stereocenters. The van der Waals surface area contributed by atoms with Gasteiger partial charge in [-0.2, -0.15) is 0 Å². The van der Waals surface area contributed by atoms with E-state index >= 15 is 0 Å². The molecule has 0 bridgehead atoms. The second-order valence-corrected chi connectivity index (χ2v) is 5.33. The van der Waals surface area contributed by atoms with Crippen LogP contribution in [0, 0.1) is 0 Å². The van der Waals surface area contributed by atoms with Gasteiger partial charge in [-0.1, -0.05) is 12.8 Å². The van der Waals surface area contributed by atoms with Crippen molar-refractivity contribution in [3.05, 3.63) is 29.8 Å². The first kappa shape index (κ1) is 15.3. The molecule has 6 nitrogen and oxygen atoms in total. The molecule has 2 amide bonds. The summed E-state index contributed by atoms with van der Waals surface area (Å²) in [5, 5.41) is 15.1. The van der Waals surface area contributed by atoms with E-state index in [-0.39, 0.29) is 24.4 Å². The summed E-state index contributed by atoms with van der Waals surface area (Å²) in [5.41, 5.74) is 6.58. The van der Waals surface area contributed by atoms with Gasteiger partial charge in [-0.05, 0) is 37.1 Å². The average Bonchev–Trinajstić information content (AvgIpc) is 2.48. The number of aliphatic hydroxyl groups excluding tert-OH is 1. The quantitative estimate of drug-likeness (QED) is 0.603. The van der Waals surface area contributed by atoms with E-state index < -0.39 is 6.10 Å². The van der Waals surface area contributed by atoms with Gasteiger partial charge in [0, 0.05) is 11.3 Å². The van der Waals surface area contributed by atoms with E-state index in [4.69, 9.17) is 5.73 Å². The van der Waals surface area contributed by atoms with Gasteiger partial charge in [-0.3, -0.25) is 9.59 Å². The molecule has 0 aliphatic heterocycles. The highest BCUT2D eigenvalue weighted by Crippen LogP contribution is 2.18. The van der Waals surface area contributed by atoms with Crippen LogP contribution in [0.1, 0.15) is 36.0 Å². The first-order chi connectivity index (χ1) is 10.1. The van der Waals surface area contributed by atoms with Gasteiger partial charge in [0.1, 0.15) is 0 Å². The molecule has 0 spiro atoms. The summed E-state index contributed by atoms with van der Waals surface area (Å²) in [5.74, 6) is -0.612. The number of anilines is 1. The van der Waals surface area contributed by atoms with E-state index in [1.54, 1.807) is 24.3 Å². The monoisotopic (exact) mass is 291 g/mol. The zero-order valence-electron chi connectivity index (χ0n) is 11.8. The second kappa shape index (κ2) is 7.08. The van der Waals surface area contributed by atoms with E-state index in [0.29, 0.717) is 17.7 Å². The first-order valence-electron chi connectivity index (χ1n) is 7.17. The van der Waals surface area contributed by atoms with E-state index in [2.05, 4.69) is 10.6 Å². The van der Waals surface area contributed by atoms with Gasteiger partial charge in [0.2, 0.25) is 5.91 Å². The molecule has 0 saturated heterocycles. The van der Waals surface area contributed by atoms with Crippen molar-refractivity contribution in [2.45, 2.75) is 37.8 Å². The molecule has 21 heavy (non-hydrogen) atoms. The molecule has 0 radical (unpaired) electrons. The highest BCUT2D eigenvalue weighted by molar-refractivity contribution is 5.96. The topological polar surface area (TPSA) is 104 Å². The van der Waals surface area contributed by atoms with Crippen molar-refractivity contribution in [3.63, 3.8) is 0 Å². The number of benzene rings is 1. The number of nitrogens with two attached hydrogens (primary N) is 1. The van der Waals surface area contributed by atoms with Gasteiger partial charge >= 0.3 is 0 Å². The fraction of sp³-hybridized carbons (Fsp3) is 0.467. The lowest BCUT2D eigenvalue weighted by Gasteiger charge is -2.28. The highest BCUT2D eigenvalue weighted by atomic mass is 16.3. The van der Waals surface area contributed by atoms with E-state index in [1.807, 2.05) is 0 Å². The molecule has 1 aliphatic carbocycles. The molecule has 2 atom stereocenters. The molecular formula is C15H21N3O3. The largest absolute Gasteiger partial charge is 0.399 e. The first-order valence-corrected chi connectivity index (χ1v) is 7.17. The van der Waals surface area contributed by atoms with Gasteiger partial charge in [-0.15, -0.1) is 0 Å². The Balaban J connectivity index is 1.78. The minimum absolute atomic E-state index is 0.105. The smallest absolute Gasteiger partial charge is 0.251 e. The molecular weight excluding hydrogens is 270 g/mol. The van der Waals surface area contributed by atoms with Gasteiger partial charge in [0.25, 0.3) is 5.91 Å². The molecule has 1 aromatic rings. The third-order valence-corrected chi connectivity index (χ3v) is 3.66. The number of nitrogen functional groups attached to an aromatic ring is 1. The molecule has 0 aromatic heterocycles. The number of nitrogens with one attached hydrogen (secondary N) is 2. The molecule has 6 heteroatoms. The number of rotatable bonds is 4. The highest BCUT2D eigenvalue weighted by Gasteiger charge is 2.24. The lowest BCUT2D eigenvalue weighted by molar-refractivity contribution is -0.122. The van der Waals surface area contributed by atoms with Gasteiger partial charge in [0.15, 0.2) is 0 Å². The Bertz CT molecular complexity index is 501. The third-order valence-electron chi connectivity index (χ3n) is 3.66. The van der Waals surface area contributed by atoms with Gasteiger partial charge in [0.05, 0.1) is 18.7 Å². The maximum Gasteiger partial charge on any atom is 0.251 e. The average molecular weight is 291 g/mol. The summed E-state index contributed by atoms with van der Waals surface area (Å²) in [6, 6.07) is 6.27. The summed E-state index contributed by atoms with van der Waals surface area (Å²) in [4.78, 5) is 23.6. The van der Waals surface area contributed by atoms with Crippen molar-refractivity contribution >= 4 is 17.5 Å². The number of amides is 2. The number of aliphatic hydroxyl groups is 1. The number of hydrogen-bond acceptors (Lipinski definition) is 4. The van der Waals surface area contributed by atoms with Crippen LogP contribution in [0.25, 0.3) is 0 Å². The lowest BCUT2D eigenvalue weighted by Crippen LogP contribution is -2.48. The van der Waals surface area contributed by atoms with E-state index in [1.165, 1.54) is 0 Å². The van der Waals surface area contributed by atoms with E-state index in [0.717, 1.165) is 19.3 Å². The Labute approximate surface area is 123 Å². The van der Waals surface area contributed by atoms with Crippen LogP contribution in [0.4, 0.5) is 5.69 Å². The van der Waals surface area contributed by atoms with Crippen LogP contribution in [0.3, 0.4) is 0 Å². The normalized spacial score (nSPS) is 21.6. The van der Waals surface area contributed by atoms with Crippen molar-refractivity contribution in [2.24, 2.45) is 0 Å². The standard InChI is InChI=1S/C15H21N3O3/c16-11-7-5-10(6-8-11)15(21)17-9-14(20)18-12-3-1-2-4-13(12)19/h5-8,12-13,19H,1-4,9,16H2,(H,17,21)(H,18,20)/t12-,13-/m1/s1. The van der Waals surface area contributed by atoms with Crippen molar-refractivity contribution < 1.29 is 14.7 Å². The van der Waals surface area contributed by atoms with Gasteiger partial charge in [-0.25, -0.2) is 0 Å². The van der Waals surface area contributed by atoms with Crippen LogP contribution >= 0.6 is 0 Å². The Morgan fingerprint density at radius 2 is 1.86 bits per heavy atom. The van der Waals surface area contributed by atoms with Crippen LogP contribution in [0.2, 0.25) is 0 Å². The van der Waals surface area contributed by atoms with Crippen molar-refractivity contribution in [2.75, 3.05) is 12.3 Å². The Hall–Kier alpha value is -2.08. The second-order valence-electron chi connectivity index (χ2n) is 5.33. The summed E-state index contributed by atoms with van der Waals surface area (Å²) < 4.78 is 0. The number of carbonyl (C=O) groups is 2. The zero-order valence-corrected chi connectivity index (χ0v) is 11.8. The van der Waals surface area contributed by atoms with Crippen LogP contribution in [0.5, 0.6) is 0 Å². The summed E-state index contributed by atoms with van der Waals surface area (Å²) in [7, 11) is 0. The summed E-state index contributed by atoms with van der Waals surface area (Å²) in [6.07, 6.45) is 2.98. The van der Waals surface area contributed by atoms with E-state index in [9.17, 15) is 14.7 Å². The molecule has 1 aliphatic rings. The molecule has 5 N–H and O–H groups in total. The zero-order chi connectivity index (χ0) is 15.2. The maximum absolute atomic E-state index is 11.8. The molecule has 114 valence electrons. The van der Waals surface area contributed by atoms with Crippen LogP contribution in [0.15, 0.2) is 24.3 Å². The van der Waals surface area contributed by atoms with Crippen molar-refractivity contribution in [3.8, 4) is 0 Å². The molecule has 1 saturated carbocycles. The Morgan fingerprint density at radius 3 is 2.52 bits per heavy atom. The van der Waals surface area contributed by atoms with Crippen LogP contribution < -0.4 is 16.4 Å². The Morgan fingerprint density at radius 1 is 1.19 bits per heavy atom. The summed E-state index contributed by atoms with van der Waals surface area (Å²) in [6.45, 7) is -0.105. The molecule has 1 aromatic carbocycles. The lowest BCUT2D eigenvalue weighted by atomic mass is 9.92. The summed E-state index contributed by atoms with van der Waals surface area (Å²) >= 11 is 0. The van der Waals surface area contributed by atoms with Crippen LogP contribution in [-0.4, -0.2) is 35.6 Å². The predicted molar refractivity (Wildman–Crippen MR) is 79.6 cm³/mol. The van der Waals surface area contributed by atoms with Crippen LogP contribution in [-0.2, 0) is 4.79 Å². The number of carbonyl (C=O) groups excluding carboxylic acids is 2. The third kappa shape index (κ3) is 4.46. The van der Waals surface area contributed by atoms with Gasteiger partial charge < -0.3 is 21.5 Å². The molecule has 2 rings (SSSR count). The minimum Gasteiger partial charge on any atom is -0.399 e. The Kier molecular flexibility index (Phi) is 5.16.